The number of hydrogen-bond acceptors (Lipinski definition) is 10. The molecule has 5 heterocycles. The Morgan fingerprint density at radius 1 is 1.07 bits per heavy atom. The molecule has 1 aromatic carbocycles. The zero-order chi connectivity index (χ0) is 28.7. The predicted molar refractivity (Wildman–Crippen MR) is 156 cm³/mol. The van der Waals surface area contributed by atoms with E-state index in [1.165, 1.54) is 0 Å². The maximum Gasteiger partial charge on any atom is 0.410 e. The molecule has 42 heavy (non-hydrogen) atoms. The number of rotatable bonds is 7. The second-order valence-electron chi connectivity index (χ2n) is 11.6. The Hall–Kier alpha value is -3.46. The number of nitrogens with zero attached hydrogens (tertiary/aromatic N) is 6. The first-order valence-corrected chi connectivity index (χ1v) is 15.4. The molecule has 0 bridgehead atoms. The summed E-state index contributed by atoms with van der Waals surface area (Å²) in [5, 5.41) is 13.0. The third-order valence-corrected chi connectivity index (χ3v) is 8.90. The first kappa shape index (κ1) is 28.6. The molecule has 4 aliphatic heterocycles. The van der Waals surface area contributed by atoms with Crippen molar-refractivity contribution in [3.63, 3.8) is 0 Å². The number of hydrogen-bond donors (Lipinski definition) is 1. The average Bonchev–Trinajstić information content (AvgIpc) is 3.05. The maximum atomic E-state index is 13.0. The van der Waals surface area contributed by atoms with Crippen molar-refractivity contribution < 1.29 is 19.0 Å². The minimum Gasteiger partial charge on any atom is -0.460 e. The molecule has 3 saturated heterocycles. The SMILES string of the molecule is N#CC[C@H]1CN(c2nc(OC3CCN(C4CCOCC4)CC3)nc3c2CCNC3)CCN1C(=O)OCc1ccccc1. The molecular formula is C31H41N7O4. The van der Waals surface area contributed by atoms with Gasteiger partial charge in [-0.15, -0.1) is 0 Å². The van der Waals surface area contributed by atoms with Crippen LogP contribution in [0.25, 0.3) is 0 Å². The van der Waals surface area contributed by atoms with Gasteiger partial charge in [-0.2, -0.15) is 15.2 Å². The Morgan fingerprint density at radius 3 is 2.67 bits per heavy atom. The lowest BCUT2D eigenvalue weighted by atomic mass is 10.0. The summed E-state index contributed by atoms with van der Waals surface area (Å²) < 4.78 is 17.6. The number of amides is 1. The number of aromatic nitrogens is 2. The lowest BCUT2D eigenvalue weighted by molar-refractivity contribution is 0.00867. The van der Waals surface area contributed by atoms with E-state index in [2.05, 4.69) is 21.2 Å². The van der Waals surface area contributed by atoms with Gasteiger partial charge in [0, 0.05) is 64.1 Å². The van der Waals surface area contributed by atoms with Crippen molar-refractivity contribution in [3.05, 3.63) is 47.2 Å². The summed E-state index contributed by atoms with van der Waals surface area (Å²) in [4.78, 5) is 29.3. The van der Waals surface area contributed by atoms with Gasteiger partial charge in [0.25, 0.3) is 0 Å². The van der Waals surface area contributed by atoms with Crippen LogP contribution in [0.1, 0.15) is 48.9 Å². The van der Waals surface area contributed by atoms with Crippen LogP contribution >= 0.6 is 0 Å². The number of nitrogens with one attached hydrogen (secondary N) is 1. The molecule has 3 fully saturated rings. The maximum absolute atomic E-state index is 13.0. The molecule has 0 radical (unpaired) electrons. The summed E-state index contributed by atoms with van der Waals surface area (Å²) in [6, 6.07) is 12.7. The van der Waals surface area contributed by atoms with E-state index >= 15 is 0 Å². The van der Waals surface area contributed by atoms with Crippen LogP contribution in [0.15, 0.2) is 30.3 Å². The van der Waals surface area contributed by atoms with Crippen molar-refractivity contribution in [1.82, 2.24) is 25.1 Å². The van der Waals surface area contributed by atoms with Crippen molar-refractivity contribution in [2.75, 3.05) is 57.4 Å². The number of likely N-dealkylation sites (tertiary alicyclic amines) is 1. The van der Waals surface area contributed by atoms with E-state index in [-0.39, 0.29) is 31.3 Å². The number of piperidine rings is 1. The van der Waals surface area contributed by atoms with Crippen molar-refractivity contribution in [3.8, 4) is 12.1 Å². The van der Waals surface area contributed by atoms with Crippen LogP contribution < -0.4 is 15.0 Å². The molecule has 11 nitrogen and oxygen atoms in total. The number of ether oxygens (including phenoxy) is 3. The van der Waals surface area contributed by atoms with E-state index in [1.807, 2.05) is 30.3 Å². The van der Waals surface area contributed by atoms with Gasteiger partial charge in [-0.25, -0.2) is 4.79 Å². The van der Waals surface area contributed by atoms with E-state index < -0.39 is 0 Å². The van der Waals surface area contributed by atoms with Gasteiger partial charge >= 0.3 is 12.1 Å². The molecule has 1 N–H and O–H groups in total. The zero-order valence-electron chi connectivity index (χ0n) is 24.2. The van der Waals surface area contributed by atoms with E-state index in [9.17, 15) is 10.1 Å². The molecule has 0 saturated carbocycles. The summed E-state index contributed by atoms with van der Waals surface area (Å²) in [7, 11) is 0. The Morgan fingerprint density at radius 2 is 1.88 bits per heavy atom. The van der Waals surface area contributed by atoms with Gasteiger partial charge in [-0.3, -0.25) is 4.90 Å². The zero-order valence-corrected chi connectivity index (χ0v) is 24.2. The van der Waals surface area contributed by atoms with E-state index in [0.717, 1.165) is 87.6 Å². The topological polar surface area (TPSA) is 116 Å². The van der Waals surface area contributed by atoms with Crippen molar-refractivity contribution in [2.45, 2.75) is 69.9 Å². The van der Waals surface area contributed by atoms with Crippen LogP contribution in [0, 0.1) is 11.3 Å². The number of anilines is 1. The first-order valence-electron chi connectivity index (χ1n) is 15.4. The highest BCUT2D eigenvalue weighted by Crippen LogP contribution is 2.30. The average molecular weight is 576 g/mol. The number of nitriles is 1. The van der Waals surface area contributed by atoms with Gasteiger partial charge in [0.1, 0.15) is 18.5 Å². The minimum absolute atomic E-state index is 0.0890. The Balaban J connectivity index is 1.12. The molecular weight excluding hydrogens is 534 g/mol. The third kappa shape index (κ3) is 6.77. The molecule has 2 aromatic rings. The fraction of sp³-hybridized carbons (Fsp3) is 0.613. The fourth-order valence-electron chi connectivity index (χ4n) is 6.56. The molecule has 1 amide bonds. The summed E-state index contributed by atoms with van der Waals surface area (Å²) in [5.41, 5.74) is 3.04. The third-order valence-electron chi connectivity index (χ3n) is 8.90. The summed E-state index contributed by atoms with van der Waals surface area (Å²) in [5.74, 6) is 0.872. The van der Waals surface area contributed by atoms with Crippen molar-refractivity contribution in [2.24, 2.45) is 0 Å². The Kier molecular flexibility index (Phi) is 9.33. The minimum atomic E-state index is -0.385. The molecule has 11 heteroatoms. The van der Waals surface area contributed by atoms with Gasteiger partial charge in [-0.1, -0.05) is 30.3 Å². The number of carbonyl (C=O) groups excluding carboxylic acids is 1. The molecule has 4 aliphatic rings. The lowest BCUT2D eigenvalue weighted by Gasteiger charge is -2.41. The van der Waals surface area contributed by atoms with Crippen LogP contribution in [-0.4, -0.2) is 96.5 Å². The second-order valence-corrected chi connectivity index (χ2v) is 11.6. The highest BCUT2D eigenvalue weighted by Gasteiger charge is 2.34. The molecule has 0 spiro atoms. The van der Waals surface area contributed by atoms with Crippen LogP contribution in [-0.2, 0) is 29.0 Å². The van der Waals surface area contributed by atoms with Gasteiger partial charge < -0.3 is 29.3 Å². The molecule has 0 aliphatic carbocycles. The molecule has 1 aromatic heterocycles. The fourth-order valence-corrected chi connectivity index (χ4v) is 6.56. The summed E-state index contributed by atoms with van der Waals surface area (Å²) >= 11 is 0. The van der Waals surface area contributed by atoms with Crippen molar-refractivity contribution in [1.29, 1.82) is 5.26 Å². The van der Waals surface area contributed by atoms with Crippen LogP contribution in [0.5, 0.6) is 6.01 Å². The van der Waals surface area contributed by atoms with E-state index in [4.69, 9.17) is 24.2 Å². The first-order chi connectivity index (χ1) is 20.7. The van der Waals surface area contributed by atoms with Crippen LogP contribution in [0.4, 0.5) is 10.6 Å². The van der Waals surface area contributed by atoms with Crippen LogP contribution in [0.3, 0.4) is 0 Å². The lowest BCUT2D eigenvalue weighted by Crippen LogP contribution is -2.55. The van der Waals surface area contributed by atoms with Crippen LogP contribution in [0.2, 0.25) is 0 Å². The van der Waals surface area contributed by atoms with Gasteiger partial charge in [-0.05, 0) is 44.2 Å². The summed E-state index contributed by atoms with van der Waals surface area (Å²) in [6.07, 6.45) is 4.90. The Bertz CT molecular complexity index is 1240. The number of benzene rings is 1. The smallest absolute Gasteiger partial charge is 0.410 e. The standard InChI is InChI=1S/C31H41N7O4/c32-12-6-25-21-37(16-17-38(25)31(39)41-22-23-4-2-1-3-5-23)29-27-7-13-33-20-28(27)34-30(35-29)42-26-8-14-36(15-9-26)24-10-18-40-19-11-24/h1-5,24-26,33H,6-11,13-22H2/t25-/m0/s1. The molecule has 6 rings (SSSR count). The number of carbonyl (C=O) groups is 1. The van der Waals surface area contributed by atoms with E-state index in [0.29, 0.717) is 38.2 Å². The van der Waals surface area contributed by atoms with Gasteiger partial charge in [0.15, 0.2) is 0 Å². The normalized spacial score (nSPS) is 22.3. The van der Waals surface area contributed by atoms with E-state index in [1.54, 1.807) is 4.90 Å². The second kappa shape index (κ2) is 13.7. The number of piperazine rings is 1. The Labute approximate surface area is 247 Å². The van der Waals surface area contributed by atoms with Gasteiger partial charge in [0.2, 0.25) is 0 Å². The highest BCUT2D eigenvalue weighted by atomic mass is 16.6. The largest absolute Gasteiger partial charge is 0.460 e. The van der Waals surface area contributed by atoms with Crippen molar-refractivity contribution >= 4 is 11.9 Å². The predicted octanol–water partition coefficient (Wildman–Crippen LogP) is 2.89. The quantitative estimate of drug-likeness (QED) is 0.528. The monoisotopic (exact) mass is 575 g/mol. The molecule has 0 unspecified atom stereocenters. The molecule has 224 valence electrons. The summed E-state index contributed by atoms with van der Waals surface area (Å²) in [6.45, 7) is 7.07. The molecule has 1 atom stereocenters. The highest BCUT2D eigenvalue weighted by molar-refractivity contribution is 5.69. The van der Waals surface area contributed by atoms with Gasteiger partial charge in [0.05, 0.1) is 24.2 Å². The number of fused-ring (bicyclic) bond motifs is 1.